The molecule has 15 heavy (non-hydrogen) atoms. The average Bonchev–Trinajstić information content (AvgIpc) is 2.89. The molecule has 1 aliphatic carbocycles. The molecule has 0 spiro atoms. The Morgan fingerprint density at radius 2 is 1.93 bits per heavy atom. The van der Waals surface area contributed by atoms with Crippen LogP contribution in [0.5, 0.6) is 0 Å². The first-order chi connectivity index (χ1) is 7.43. The Kier molecular flexibility index (Phi) is 1.98. The minimum absolute atomic E-state index is 0.503. The summed E-state index contributed by atoms with van der Waals surface area (Å²) in [5.74, 6) is 1.36. The normalized spacial score (nSPS) is 22.1. The van der Waals surface area contributed by atoms with Gasteiger partial charge in [-0.05, 0) is 30.0 Å². The summed E-state index contributed by atoms with van der Waals surface area (Å²) in [4.78, 5) is 8.37. The lowest BCUT2D eigenvalue weighted by Gasteiger charge is -2.05. The van der Waals surface area contributed by atoms with Gasteiger partial charge in [-0.3, -0.25) is 0 Å². The number of rotatable bonds is 1. The molecule has 2 nitrogen and oxygen atoms in total. The van der Waals surface area contributed by atoms with Gasteiger partial charge < -0.3 is 0 Å². The molecule has 0 N–H and O–H groups in total. The van der Waals surface area contributed by atoms with E-state index < -0.39 is 0 Å². The lowest BCUT2D eigenvalue weighted by molar-refractivity contribution is 0.806. The van der Waals surface area contributed by atoms with Crippen molar-refractivity contribution >= 4 is 12.4 Å². The largest absolute Gasteiger partial charge is 0.236 e. The van der Waals surface area contributed by atoms with Gasteiger partial charge in [0, 0.05) is 18.3 Å². The van der Waals surface area contributed by atoms with E-state index in [4.69, 9.17) is 0 Å². The summed E-state index contributed by atoms with van der Waals surface area (Å²) in [6.07, 6.45) is 8.02. The van der Waals surface area contributed by atoms with Crippen molar-refractivity contribution < 1.29 is 0 Å². The van der Waals surface area contributed by atoms with E-state index >= 15 is 0 Å². The second-order valence-corrected chi connectivity index (χ2v) is 3.93. The molecule has 2 aliphatic rings. The van der Waals surface area contributed by atoms with Crippen molar-refractivity contribution in [2.45, 2.75) is 18.8 Å². The predicted molar refractivity (Wildman–Crippen MR) is 62.6 cm³/mol. The fourth-order valence-corrected chi connectivity index (χ4v) is 2.28. The number of aryl methyl sites for hydroxylation is 1. The Bertz CT molecular complexity index is 455. The van der Waals surface area contributed by atoms with Crippen LogP contribution in [0.3, 0.4) is 0 Å². The maximum Gasteiger partial charge on any atom is 0.148 e. The zero-order valence-electron chi connectivity index (χ0n) is 8.43. The smallest absolute Gasteiger partial charge is 0.148 e. The van der Waals surface area contributed by atoms with Crippen LogP contribution >= 0.6 is 0 Å². The summed E-state index contributed by atoms with van der Waals surface area (Å²) in [5.41, 5.74) is 2.92. The molecule has 1 aliphatic heterocycles. The van der Waals surface area contributed by atoms with E-state index in [0.717, 1.165) is 5.82 Å². The van der Waals surface area contributed by atoms with Gasteiger partial charge in [0.15, 0.2) is 0 Å². The van der Waals surface area contributed by atoms with Gasteiger partial charge >= 0.3 is 0 Å². The monoisotopic (exact) mass is 196 g/mol. The summed E-state index contributed by atoms with van der Waals surface area (Å²) in [6.45, 7) is 0. The lowest BCUT2D eigenvalue weighted by atomic mass is 10.0. The molecule has 0 saturated carbocycles. The summed E-state index contributed by atoms with van der Waals surface area (Å²) in [7, 11) is 0. The standard InChI is InChI=1S/C13H12N2/c1-2-4-12-10(3-1)5-6-11(12)9-13-14-7-8-15-13/h1-4,7-9,11H,5-6H2/t11-/m0/s1. The third-order valence-electron chi connectivity index (χ3n) is 3.01. The Morgan fingerprint density at radius 1 is 1.13 bits per heavy atom. The van der Waals surface area contributed by atoms with Gasteiger partial charge in [0.25, 0.3) is 0 Å². The van der Waals surface area contributed by atoms with Crippen LogP contribution in [0.4, 0.5) is 0 Å². The predicted octanol–water partition coefficient (Wildman–Crippen LogP) is 2.71. The lowest BCUT2D eigenvalue weighted by Crippen LogP contribution is -1.89. The fourth-order valence-electron chi connectivity index (χ4n) is 2.28. The molecule has 0 amide bonds. The molecule has 1 aromatic rings. The van der Waals surface area contributed by atoms with E-state index in [9.17, 15) is 0 Å². The molecular weight excluding hydrogens is 184 g/mol. The van der Waals surface area contributed by atoms with Crippen molar-refractivity contribution in [1.29, 1.82) is 0 Å². The molecule has 0 radical (unpaired) electrons. The first kappa shape index (κ1) is 8.60. The zero-order valence-corrected chi connectivity index (χ0v) is 8.43. The molecule has 1 atom stereocenters. The quantitative estimate of drug-likeness (QED) is 0.659. The molecule has 0 aromatic heterocycles. The van der Waals surface area contributed by atoms with Crippen LogP contribution in [0.15, 0.2) is 46.1 Å². The highest BCUT2D eigenvalue weighted by Gasteiger charge is 2.20. The minimum Gasteiger partial charge on any atom is -0.236 e. The van der Waals surface area contributed by atoms with Crippen molar-refractivity contribution in [3.63, 3.8) is 0 Å². The first-order valence-corrected chi connectivity index (χ1v) is 5.30. The Hall–Kier alpha value is -1.70. The topological polar surface area (TPSA) is 24.7 Å². The third-order valence-corrected chi connectivity index (χ3v) is 3.01. The van der Waals surface area contributed by atoms with E-state index in [2.05, 4.69) is 40.3 Å². The summed E-state index contributed by atoms with van der Waals surface area (Å²) in [5, 5.41) is 0. The van der Waals surface area contributed by atoms with Gasteiger partial charge in [-0.25, -0.2) is 9.98 Å². The average molecular weight is 196 g/mol. The van der Waals surface area contributed by atoms with Crippen LogP contribution in [0.2, 0.25) is 0 Å². The maximum atomic E-state index is 4.19. The molecule has 0 unspecified atom stereocenters. The number of benzene rings is 1. The minimum atomic E-state index is 0.503. The summed E-state index contributed by atoms with van der Waals surface area (Å²) >= 11 is 0. The molecule has 2 heteroatoms. The van der Waals surface area contributed by atoms with E-state index in [-0.39, 0.29) is 0 Å². The summed E-state index contributed by atoms with van der Waals surface area (Å²) in [6, 6.07) is 8.65. The molecule has 1 aromatic carbocycles. The van der Waals surface area contributed by atoms with E-state index in [0.29, 0.717) is 5.92 Å². The molecule has 0 saturated heterocycles. The molecular formula is C13H12N2. The van der Waals surface area contributed by atoms with Gasteiger partial charge in [-0.15, -0.1) is 0 Å². The van der Waals surface area contributed by atoms with Crippen molar-refractivity contribution in [2.24, 2.45) is 9.98 Å². The van der Waals surface area contributed by atoms with Gasteiger partial charge in [-0.2, -0.15) is 0 Å². The van der Waals surface area contributed by atoms with Crippen molar-refractivity contribution in [2.75, 3.05) is 0 Å². The van der Waals surface area contributed by atoms with Crippen molar-refractivity contribution in [3.8, 4) is 0 Å². The van der Waals surface area contributed by atoms with Crippen LogP contribution < -0.4 is 0 Å². The highest BCUT2D eigenvalue weighted by Crippen LogP contribution is 2.34. The van der Waals surface area contributed by atoms with Crippen LogP contribution in [0, 0.1) is 0 Å². The zero-order chi connectivity index (χ0) is 10.1. The fraction of sp³-hybridized carbons (Fsp3) is 0.231. The van der Waals surface area contributed by atoms with E-state index in [1.165, 1.54) is 24.0 Å². The molecule has 0 fully saturated rings. The van der Waals surface area contributed by atoms with Crippen LogP contribution in [0.1, 0.15) is 23.5 Å². The van der Waals surface area contributed by atoms with Gasteiger partial charge in [0.1, 0.15) is 5.82 Å². The second-order valence-electron chi connectivity index (χ2n) is 3.93. The Morgan fingerprint density at radius 3 is 2.80 bits per heavy atom. The number of hydrogen-bond acceptors (Lipinski definition) is 2. The van der Waals surface area contributed by atoms with Crippen LogP contribution in [-0.2, 0) is 6.42 Å². The van der Waals surface area contributed by atoms with Gasteiger partial charge in [0.2, 0.25) is 0 Å². The van der Waals surface area contributed by atoms with Gasteiger partial charge in [0.05, 0.1) is 0 Å². The maximum absolute atomic E-state index is 4.19. The Balaban J connectivity index is 1.94. The van der Waals surface area contributed by atoms with Crippen LogP contribution in [-0.4, -0.2) is 12.4 Å². The Labute approximate surface area is 89.1 Å². The molecule has 74 valence electrons. The number of hydrogen-bond donors (Lipinski definition) is 0. The number of aliphatic imine (C=N–C) groups is 2. The van der Waals surface area contributed by atoms with Gasteiger partial charge in [-0.1, -0.05) is 24.3 Å². The van der Waals surface area contributed by atoms with E-state index in [1.807, 2.05) is 0 Å². The third kappa shape index (κ3) is 1.52. The highest BCUT2D eigenvalue weighted by atomic mass is 15.0. The number of allylic oxidation sites excluding steroid dienone is 1. The van der Waals surface area contributed by atoms with Crippen molar-refractivity contribution in [1.82, 2.24) is 0 Å². The van der Waals surface area contributed by atoms with Crippen LogP contribution in [0.25, 0.3) is 0 Å². The second kappa shape index (κ2) is 3.46. The molecule has 0 bridgehead atoms. The van der Waals surface area contributed by atoms with E-state index in [1.54, 1.807) is 12.4 Å². The molecule has 3 rings (SSSR count). The number of fused-ring (bicyclic) bond motifs is 1. The highest BCUT2D eigenvalue weighted by molar-refractivity contribution is 6.18. The first-order valence-electron chi connectivity index (χ1n) is 5.30. The van der Waals surface area contributed by atoms with Crippen molar-refractivity contribution in [3.05, 3.63) is 47.3 Å². The number of nitrogens with zero attached hydrogens (tertiary/aromatic N) is 2. The SMILES string of the molecule is C1=NC(=C[C@@H]2CCc3ccccc32)N=C1. The summed E-state index contributed by atoms with van der Waals surface area (Å²) < 4.78 is 0. The molecule has 1 heterocycles.